The quantitative estimate of drug-likeness (QED) is 0.396. The van der Waals surface area contributed by atoms with Gasteiger partial charge in [0.15, 0.2) is 11.6 Å². The molecule has 0 spiro atoms. The molecule has 170 valence electrons. The van der Waals surface area contributed by atoms with Crippen molar-refractivity contribution in [1.29, 1.82) is 0 Å². The van der Waals surface area contributed by atoms with E-state index in [1.54, 1.807) is 12.3 Å². The summed E-state index contributed by atoms with van der Waals surface area (Å²) in [4.78, 5) is 29.2. The maximum atomic E-state index is 12.5. The van der Waals surface area contributed by atoms with Crippen molar-refractivity contribution in [3.8, 4) is 11.6 Å². The number of hydrogen-bond acceptors (Lipinski definition) is 8. The SMILES string of the molecule is Cc1cc2c(o1)C(Nc1c(Nc3ccnc(-n4nccc4C)c3O)c(=O)c1=O)C(C)(C)CC2. The molecule has 3 heterocycles. The Bertz CT molecular complexity index is 1440. The second kappa shape index (κ2) is 7.33. The van der Waals surface area contributed by atoms with Gasteiger partial charge in [0.2, 0.25) is 0 Å². The van der Waals surface area contributed by atoms with Crippen LogP contribution in [0.2, 0.25) is 0 Å². The van der Waals surface area contributed by atoms with Crippen LogP contribution >= 0.6 is 0 Å². The lowest BCUT2D eigenvalue weighted by molar-refractivity contribution is 0.232. The van der Waals surface area contributed by atoms with E-state index < -0.39 is 10.9 Å². The molecule has 3 aromatic heterocycles. The average Bonchev–Trinajstić information content (AvgIpc) is 3.37. The second-order valence-corrected chi connectivity index (χ2v) is 9.26. The van der Waals surface area contributed by atoms with Crippen LogP contribution in [0.25, 0.3) is 5.82 Å². The summed E-state index contributed by atoms with van der Waals surface area (Å²) in [6, 6.07) is 5.08. The van der Waals surface area contributed by atoms with Crippen LogP contribution in [0.15, 0.2) is 44.6 Å². The monoisotopic (exact) mass is 447 g/mol. The summed E-state index contributed by atoms with van der Waals surface area (Å²) in [5.74, 6) is 1.66. The van der Waals surface area contributed by atoms with Crippen molar-refractivity contribution in [2.75, 3.05) is 10.6 Å². The Kier molecular flexibility index (Phi) is 4.66. The second-order valence-electron chi connectivity index (χ2n) is 9.26. The molecule has 0 amide bonds. The largest absolute Gasteiger partial charge is 0.503 e. The highest BCUT2D eigenvalue weighted by Crippen LogP contribution is 2.46. The van der Waals surface area contributed by atoms with Gasteiger partial charge in [0.1, 0.15) is 22.9 Å². The van der Waals surface area contributed by atoms with Crippen LogP contribution in [0.4, 0.5) is 17.1 Å². The van der Waals surface area contributed by atoms with Crippen LogP contribution in [0.3, 0.4) is 0 Å². The van der Waals surface area contributed by atoms with Gasteiger partial charge in [-0.15, -0.1) is 0 Å². The molecule has 1 aliphatic rings. The van der Waals surface area contributed by atoms with Crippen molar-refractivity contribution in [2.24, 2.45) is 5.41 Å². The summed E-state index contributed by atoms with van der Waals surface area (Å²) in [5.41, 5.74) is 1.01. The fraction of sp³-hybridized carbons (Fsp3) is 0.333. The van der Waals surface area contributed by atoms with Crippen LogP contribution in [-0.2, 0) is 6.42 Å². The highest BCUT2D eigenvalue weighted by Gasteiger charge is 2.40. The van der Waals surface area contributed by atoms with Crippen molar-refractivity contribution in [3.05, 3.63) is 73.8 Å². The van der Waals surface area contributed by atoms with E-state index >= 15 is 0 Å². The molecule has 3 N–H and O–H groups in total. The van der Waals surface area contributed by atoms with Crippen LogP contribution in [0.5, 0.6) is 5.75 Å². The number of aromatic nitrogens is 3. The molecule has 1 aromatic carbocycles. The number of rotatable bonds is 5. The van der Waals surface area contributed by atoms with Crippen LogP contribution in [-0.4, -0.2) is 19.9 Å². The topological polar surface area (TPSA) is 122 Å². The molecular weight excluding hydrogens is 422 g/mol. The number of nitrogens with one attached hydrogen (secondary N) is 2. The zero-order valence-corrected chi connectivity index (χ0v) is 18.9. The lowest BCUT2D eigenvalue weighted by atomic mass is 9.73. The predicted molar refractivity (Wildman–Crippen MR) is 124 cm³/mol. The number of anilines is 3. The van der Waals surface area contributed by atoms with Gasteiger partial charge in [0.25, 0.3) is 10.9 Å². The van der Waals surface area contributed by atoms with Gasteiger partial charge in [0, 0.05) is 18.1 Å². The van der Waals surface area contributed by atoms with Gasteiger partial charge < -0.3 is 20.2 Å². The van der Waals surface area contributed by atoms with Gasteiger partial charge >= 0.3 is 0 Å². The molecule has 0 saturated carbocycles. The lowest BCUT2D eigenvalue weighted by Crippen LogP contribution is -2.41. The van der Waals surface area contributed by atoms with Crippen molar-refractivity contribution < 1.29 is 9.52 Å². The van der Waals surface area contributed by atoms with E-state index in [0.717, 1.165) is 35.6 Å². The molecule has 33 heavy (non-hydrogen) atoms. The Morgan fingerprint density at radius 2 is 1.91 bits per heavy atom. The highest BCUT2D eigenvalue weighted by atomic mass is 16.3. The molecule has 0 saturated heterocycles. The third-order valence-corrected chi connectivity index (χ3v) is 6.44. The highest BCUT2D eigenvalue weighted by molar-refractivity contribution is 5.81. The lowest BCUT2D eigenvalue weighted by Gasteiger charge is -2.38. The van der Waals surface area contributed by atoms with Crippen molar-refractivity contribution in [1.82, 2.24) is 14.8 Å². The average molecular weight is 447 g/mol. The van der Waals surface area contributed by atoms with E-state index in [-0.39, 0.29) is 40.1 Å². The molecule has 1 unspecified atom stereocenters. The van der Waals surface area contributed by atoms with Gasteiger partial charge in [0.05, 0.1) is 11.7 Å². The molecule has 0 radical (unpaired) electrons. The first-order valence-electron chi connectivity index (χ1n) is 10.8. The number of furan rings is 1. The standard InChI is InChI=1S/C24H25N5O4/c1-12-6-10-26-29(12)23-18(30)15(7-9-25-23)27-16-17(20(32)19(16)31)28-22-21-14(11-13(2)33-21)5-8-24(22,3)4/h6-7,9-11,22,28,30H,5,8H2,1-4H3,(H,25,27). The first-order chi connectivity index (χ1) is 15.7. The Labute approximate surface area is 189 Å². The molecule has 0 bridgehead atoms. The molecule has 1 aliphatic carbocycles. The Hall–Kier alpha value is -3.88. The first-order valence-corrected chi connectivity index (χ1v) is 10.8. The van der Waals surface area contributed by atoms with E-state index in [1.165, 1.54) is 16.9 Å². The number of aromatic hydroxyl groups is 1. The van der Waals surface area contributed by atoms with Gasteiger partial charge in [-0.2, -0.15) is 5.10 Å². The number of nitrogens with zero attached hydrogens (tertiary/aromatic N) is 3. The van der Waals surface area contributed by atoms with Crippen LogP contribution in [0, 0.1) is 19.3 Å². The molecule has 0 aliphatic heterocycles. The minimum Gasteiger partial charge on any atom is -0.503 e. The maximum absolute atomic E-state index is 12.5. The Balaban J connectivity index is 1.49. The van der Waals surface area contributed by atoms with Crippen molar-refractivity contribution in [2.45, 2.75) is 46.6 Å². The third kappa shape index (κ3) is 3.31. The number of hydrogen-bond donors (Lipinski definition) is 3. The Morgan fingerprint density at radius 1 is 1.15 bits per heavy atom. The fourth-order valence-corrected chi connectivity index (χ4v) is 4.46. The van der Waals surface area contributed by atoms with Gasteiger partial charge in [-0.3, -0.25) is 9.59 Å². The van der Waals surface area contributed by atoms with Crippen LogP contribution < -0.4 is 21.5 Å². The minimum absolute atomic E-state index is 0.107. The molecule has 9 heteroatoms. The zero-order chi connectivity index (χ0) is 23.5. The van der Waals surface area contributed by atoms with Crippen molar-refractivity contribution in [3.63, 3.8) is 0 Å². The summed E-state index contributed by atoms with van der Waals surface area (Å²) in [7, 11) is 0. The maximum Gasteiger partial charge on any atom is 0.253 e. The van der Waals surface area contributed by atoms with Gasteiger partial charge in [-0.1, -0.05) is 13.8 Å². The first kappa shape index (κ1) is 21.0. The summed E-state index contributed by atoms with van der Waals surface area (Å²) >= 11 is 0. The molecule has 0 fully saturated rings. The van der Waals surface area contributed by atoms with Crippen molar-refractivity contribution >= 4 is 17.1 Å². The number of fused-ring (bicyclic) bond motifs is 1. The number of aryl methyl sites for hydroxylation is 3. The number of pyridine rings is 1. The Morgan fingerprint density at radius 3 is 2.64 bits per heavy atom. The van der Waals surface area contributed by atoms with Crippen LogP contribution in [0.1, 0.15) is 49.1 Å². The summed E-state index contributed by atoms with van der Waals surface area (Å²) in [5, 5.41) is 21.2. The molecule has 4 aromatic rings. The summed E-state index contributed by atoms with van der Waals surface area (Å²) in [6.45, 7) is 7.95. The summed E-state index contributed by atoms with van der Waals surface area (Å²) < 4.78 is 7.46. The molecule has 1 atom stereocenters. The van der Waals surface area contributed by atoms with Gasteiger partial charge in [-0.25, -0.2) is 9.67 Å². The predicted octanol–water partition coefficient (Wildman–Crippen LogP) is 3.65. The summed E-state index contributed by atoms with van der Waals surface area (Å²) in [6.07, 6.45) is 4.91. The van der Waals surface area contributed by atoms with E-state index in [2.05, 4.69) is 34.6 Å². The molecule has 5 rings (SSSR count). The van der Waals surface area contributed by atoms with E-state index in [4.69, 9.17) is 4.42 Å². The van der Waals surface area contributed by atoms with E-state index in [9.17, 15) is 14.7 Å². The minimum atomic E-state index is -0.644. The smallest absolute Gasteiger partial charge is 0.253 e. The molecule has 9 nitrogen and oxygen atoms in total. The van der Waals surface area contributed by atoms with Gasteiger partial charge in [-0.05, 0) is 55.9 Å². The van der Waals surface area contributed by atoms with E-state index in [0.29, 0.717) is 0 Å². The zero-order valence-electron chi connectivity index (χ0n) is 18.9. The normalized spacial score (nSPS) is 17.2. The molecular formula is C24H25N5O4. The fourth-order valence-electron chi connectivity index (χ4n) is 4.46. The third-order valence-electron chi connectivity index (χ3n) is 6.44. The van der Waals surface area contributed by atoms with E-state index in [1.807, 2.05) is 19.9 Å².